The van der Waals surface area contributed by atoms with Crippen LogP contribution in [-0.2, 0) is 6.54 Å². The van der Waals surface area contributed by atoms with E-state index >= 15 is 0 Å². The Kier molecular flexibility index (Phi) is 9.71. The average Bonchev–Trinajstić information content (AvgIpc) is 2.76. The van der Waals surface area contributed by atoms with Gasteiger partial charge in [0.25, 0.3) is 0 Å². The second-order valence-corrected chi connectivity index (χ2v) is 8.42. The van der Waals surface area contributed by atoms with E-state index in [4.69, 9.17) is 4.99 Å². The maximum absolute atomic E-state index is 9.43. The predicted octanol–water partition coefficient (Wildman–Crippen LogP) is 3.56. The highest BCUT2D eigenvalue weighted by atomic mass is 16.3. The molecule has 6 nitrogen and oxygen atoms in total. The van der Waals surface area contributed by atoms with Gasteiger partial charge in [-0.25, -0.2) is 9.98 Å². The zero-order valence-corrected chi connectivity index (χ0v) is 18.9. The lowest BCUT2D eigenvalue weighted by Gasteiger charge is -2.32. The number of aromatic nitrogens is 1. The molecule has 0 aromatic carbocycles. The van der Waals surface area contributed by atoms with Crippen molar-refractivity contribution in [2.45, 2.75) is 66.3 Å². The fourth-order valence-electron chi connectivity index (χ4n) is 3.90. The molecule has 1 saturated heterocycles. The van der Waals surface area contributed by atoms with E-state index in [0.29, 0.717) is 6.54 Å². The van der Waals surface area contributed by atoms with Crippen molar-refractivity contribution in [3.63, 3.8) is 0 Å². The first-order valence-electron chi connectivity index (χ1n) is 11.4. The molecule has 164 valence electrons. The van der Waals surface area contributed by atoms with Crippen molar-refractivity contribution >= 4 is 11.8 Å². The largest absolute Gasteiger partial charge is 0.396 e. The Labute approximate surface area is 177 Å². The lowest BCUT2D eigenvalue weighted by molar-refractivity contribution is 0.169. The summed E-state index contributed by atoms with van der Waals surface area (Å²) in [6, 6.07) is 4.27. The molecule has 0 unspecified atom stereocenters. The van der Waals surface area contributed by atoms with Gasteiger partial charge in [-0.3, -0.25) is 0 Å². The normalized spacial score (nSPS) is 16.2. The van der Waals surface area contributed by atoms with E-state index in [1.54, 1.807) is 0 Å². The van der Waals surface area contributed by atoms with Crippen LogP contribution in [0.3, 0.4) is 0 Å². The van der Waals surface area contributed by atoms with Crippen LogP contribution in [0.25, 0.3) is 0 Å². The van der Waals surface area contributed by atoms with E-state index in [-0.39, 0.29) is 12.0 Å². The Bertz CT molecular complexity index is 604. The van der Waals surface area contributed by atoms with Crippen molar-refractivity contribution in [1.82, 2.24) is 15.6 Å². The van der Waals surface area contributed by atoms with E-state index in [9.17, 15) is 5.11 Å². The molecule has 0 amide bonds. The zero-order valence-electron chi connectivity index (χ0n) is 18.9. The van der Waals surface area contributed by atoms with Crippen molar-refractivity contribution < 1.29 is 5.11 Å². The molecule has 0 aliphatic carbocycles. The van der Waals surface area contributed by atoms with Gasteiger partial charge in [0.1, 0.15) is 5.82 Å². The minimum Gasteiger partial charge on any atom is -0.396 e. The maximum atomic E-state index is 9.43. The summed E-state index contributed by atoms with van der Waals surface area (Å²) in [6.07, 6.45) is 7.34. The highest BCUT2D eigenvalue weighted by Crippen LogP contribution is 2.29. The summed E-state index contributed by atoms with van der Waals surface area (Å²) < 4.78 is 0. The quantitative estimate of drug-likeness (QED) is 0.411. The maximum Gasteiger partial charge on any atom is 0.191 e. The van der Waals surface area contributed by atoms with E-state index in [0.717, 1.165) is 68.7 Å². The van der Waals surface area contributed by atoms with Gasteiger partial charge in [0, 0.05) is 39.0 Å². The number of hydrogen-bond donors (Lipinski definition) is 3. The fraction of sp³-hybridized carbons (Fsp3) is 0.739. The fourth-order valence-corrected chi connectivity index (χ4v) is 3.90. The number of rotatable bonds is 10. The van der Waals surface area contributed by atoms with Crippen molar-refractivity contribution in [3.05, 3.63) is 23.9 Å². The number of hydrogen-bond acceptors (Lipinski definition) is 4. The number of pyridine rings is 1. The Morgan fingerprint density at radius 2 is 1.93 bits per heavy atom. The first-order chi connectivity index (χ1) is 14.1. The smallest absolute Gasteiger partial charge is 0.191 e. The molecule has 2 rings (SSSR count). The third-order valence-corrected chi connectivity index (χ3v) is 6.45. The Hall–Kier alpha value is -1.82. The molecule has 0 spiro atoms. The van der Waals surface area contributed by atoms with E-state index in [1.165, 1.54) is 12.8 Å². The molecular formula is C23H41N5O. The molecular weight excluding hydrogens is 362 g/mol. The molecule has 0 bridgehead atoms. The third-order valence-electron chi connectivity index (χ3n) is 6.45. The predicted molar refractivity (Wildman–Crippen MR) is 122 cm³/mol. The van der Waals surface area contributed by atoms with Crippen LogP contribution in [0, 0.1) is 11.3 Å². The molecule has 3 N–H and O–H groups in total. The number of aliphatic imine (C=N–C) groups is 1. The number of nitrogens with one attached hydrogen (secondary N) is 2. The van der Waals surface area contributed by atoms with Gasteiger partial charge >= 0.3 is 0 Å². The molecule has 0 radical (unpaired) electrons. The van der Waals surface area contributed by atoms with Gasteiger partial charge in [-0.15, -0.1) is 0 Å². The third kappa shape index (κ3) is 7.18. The molecule has 1 aromatic heterocycles. The van der Waals surface area contributed by atoms with Gasteiger partial charge in [0.2, 0.25) is 0 Å². The minimum absolute atomic E-state index is 0.111. The standard InChI is InChI=1S/C23H41N5O/c1-5-23(6-2,12-15-29)18-27-22(24-7-3)26-17-20-8-9-21(25-16-20)28-13-10-19(4)11-14-28/h8-9,16,19,29H,5-7,10-15,17-18H2,1-4H3,(H2,24,26,27). The SMILES string of the molecule is CCNC(=NCc1ccc(N2CCC(C)CC2)nc1)NCC(CC)(CC)CCO. The second kappa shape index (κ2) is 12.0. The van der Waals surface area contributed by atoms with Crippen LogP contribution in [0.1, 0.15) is 65.4 Å². The first kappa shape index (κ1) is 23.5. The Morgan fingerprint density at radius 1 is 1.21 bits per heavy atom. The minimum atomic E-state index is 0.111. The zero-order chi connectivity index (χ0) is 21.1. The summed E-state index contributed by atoms with van der Waals surface area (Å²) in [6.45, 7) is 13.5. The van der Waals surface area contributed by atoms with Crippen molar-refractivity contribution in [2.24, 2.45) is 16.3 Å². The van der Waals surface area contributed by atoms with Crippen LogP contribution in [0.2, 0.25) is 0 Å². The molecule has 29 heavy (non-hydrogen) atoms. The summed E-state index contributed by atoms with van der Waals surface area (Å²) in [4.78, 5) is 11.8. The second-order valence-electron chi connectivity index (χ2n) is 8.42. The van der Waals surface area contributed by atoms with Crippen molar-refractivity contribution in [2.75, 3.05) is 37.7 Å². The molecule has 2 heterocycles. The Morgan fingerprint density at radius 3 is 2.48 bits per heavy atom. The van der Waals surface area contributed by atoms with Gasteiger partial charge in [-0.1, -0.05) is 26.8 Å². The van der Waals surface area contributed by atoms with Crippen LogP contribution >= 0.6 is 0 Å². The number of aliphatic hydroxyl groups excluding tert-OH is 1. The van der Waals surface area contributed by atoms with Gasteiger partial charge in [-0.05, 0) is 62.0 Å². The number of nitrogens with zero attached hydrogens (tertiary/aromatic N) is 3. The summed E-state index contributed by atoms with van der Waals surface area (Å²) in [5.74, 6) is 2.73. The molecule has 6 heteroatoms. The van der Waals surface area contributed by atoms with Gasteiger partial charge in [-0.2, -0.15) is 0 Å². The Balaban J connectivity index is 1.95. The van der Waals surface area contributed by atoms with Gasteiger partial charge in [0.05, 0.1) is 6.54 Å². The molecule has 0 atom stereocenters. The van der Waals surface area contributed by atoms with Gasteiger partial charge in [0.15, 0.2) is 5.96 Å². The number of anilines is 1. The van der Waals surface area contributed by atoms with Crippen LogP contribution in [0.5, 0.6) is 0 Å². The van der Waals surface area contributed by atoms with Crippen molar-refractivity contribution in [1.29, 1.82) is 0 Å². The average molecular weight is 404 g/mol. The van der Waals surface area contributed by atoms with Crippen LogP contribution in [0.15, 0.2) is 23.3 Å². The van der Waals surface area contributed by atoms with E-state index < -0.39 is 0 Å². The van der Waals surface area contributed by atoms with Gasteiger partial charge < -0.3 is 20.6 Å². The van der Waals surface area contributed by atoms with Crippen LogP contribution in [0.4, 0.5) is 5.82 Å². The number of aliphatic hydroxyl groups is 1. The lowest BCUT2D eigenvalue weighted by Crippen LogP contribution is -2.43. The monoisotopic (exact) mass is 403 g/mol. The summed E-state index contributed by atoms with van der Waals surface area (Å²) in [5.41, 5.74) is 1.23. The molecule has 1 aliphatic rings. The summed E-state index contributed by atoms with van der Waals surface area (Å²) >= 11 is 0. The molecule has 1 fully saturated rings. The van der Waals surface area contributed by atoms with Crippen molar-refractivity contribution in [3.8, 4) is 0 Å². The summed E-state index contributed by atoms with van der Waals surface area (Å²) in [5, 5.41) is 16.2. The first-order valence-corrected chi connectivity index (χ1v) is 11.4. The molecule has 0 saturated carbocycles. The van der Waals surface area contributed by atoms with Crippen LogP contribution < -0.4 is 15.5 Å². The topological polar surface area (TPSA) is 72.8 Å². The number of guanidine groups is 1. The molecule has 1 aromatic rings. The summed E-state index contributed by atoms with van der Waals surface area (Å²) in [7, 11) is 0. The highest BCUT2D eigenvalue weighted by molar-refractivity contribution is 5.79. The molecule has 1 aliphatic heterocycles. The van der Waals surface area contributed by atoms with Crippen LogP contribution in [-0.4, -0.2) is 48.8 Å². The van der Waals surface area contributed by atoms with E-state index in [2.05, 4.69) is 60.3 Å². The highest BCUT2D eigenvalue weighted by Gasteiger charge is 2.25. The number of piperidine rings is 1. The van der Waals surface area contributed by atoms with E-state index in [1.807, 2.05) is 6.20 Å². The lowest BCUT2D eigenvalue weighted by atomic mass is 9.79.